The summed E-state index contributed by atoms with van der Waals surface area (Å²) in [4.78, 5) is 0. The van der Waals surface area contributed by atoms with Crippen molar-refractivity contribution in [2.24, 2.45) is 5.73 Å². The van der Waals surface area contributed by atoms with E-state index in [1.54, 1.807) is 0 Å². The van der Waals surface area contributed by atoms with Crippen molar-refractivity contribution in [2.75, 3.05) is 7.05 Å². The Morgan fingerprint density at radius 2 is 1.27 bits per heavy atom. The molecule has 1 nitrogen and oxygen atoms in total. The maximum atomic E-state index is 4.50. The van der Waals surface area contributed by atoms with Gasteiger partial charge in [0, 0.05) is 0 Å². The van der Waals surface area contributed by atoms with Crippen LogP contribution in [0.15, 0.2) is 54.6 Å². The fourth-order valence-corrected chi connectivity index (χ4v) is 3.47. The predicted octanol–water partition coefficient (Wildman–Crippen LogP) is 4.55. The van der Waals surface area contributed by atoms with Gasteiger partial charge in [0.25, 0.3) is 0 Å². The lowest BCUT2D eigenvalue weighted by molar-refractivity contribution is 1.48. The van der Waals surface area contributed by atoms with E-state index >= 15 is 0 Å². The third-order valence-corrected chi connectivity index (χ3v) is 4.38. The van der Waals surface area contributed by atoms with Crippen LogP contribution >= 0.6 is 0 Å². The molecule has 4 aromatic rings. The Morgan fingerprint density at radius 3 is 1.91 bits per heavy atom. The third-order valence-electron chi connectivity index (χ3n) is 4.38. The van der Waals surface area contributed by atoms with Gasteiger partial charge in [-0.25, -0.2) is 0 Å². The van der Waals surface area contributed by atoms with Gasteiger partial charge in [0.2, 0.25) is 0 Å². The van der Waals surface area contributed by atoms with E-state index in [2.05, 4.69) is 80.3 Å². The van der Waals surface area contributed by atoms with E-state index in [0.29, 0.717) is 0 Å². The monoisotopic (exact) mass is 287 g/mol. The zero-order chi connectivity index (χ0) is 15.7. The van der Waals surface area contributed by atoms with Gasteiger partial charge in [0.05, 0.1) is 0 Å². The Bertz CT molecular complexity index is 1010. The van der Waals surface area contributed by atoms with Gasteiger partial charge in [-0.1, -0.05) is 60.7 Å². The molecule has 0 unspecified atom stereocenters. The molecule has 22 heavy (non-hydrogen) atoms. The van der Waals surface area contributed by atoms with Gasteiger partial charge in [-0.05, 0) is 64.0 Å². The molecular weight excluding hydrogens is 266 g/mol. The molecule has 0 amide bonds. The molecule has 0 aliphatic rings. The summed E-state index contributed by atoms with van der Waals surface area (Å²) >= 11 is 0. The van der Waals surface area contributed by atoms with E-state index in [1.807, 2.05) is 0 Å². The number of nitrogens with two attached hydrogens (primary N) is 1. The average molecular weight is 287 g/mol. The van der Waals surface area contributed by atoms with Crippen LogP contribution in [-0.2, 0) is 0 Å². The summed E-state index contributed by atoms with van der Waals surface area (Å²) in [7, 11) is 1.50. The first-order valence-corrected chi connectivity index (χ1v) is 7.68. The van der Waals surface area contributed by atoms with Crippen LogP contribution in [0.25, 0.3) is 38.4 Å². The summed E-state index contributed by atoms with van der Waals surface area (Å²) in [5.41, 5.74) is 5.89. The molecule has 1 heteroatoms. The lowest BCUT2D eigenvalue weighted by Gasteiger charge is -2.13. The molecule has 0 aliphatic carbocycles. The number of hydrogen-bond acceptors (Lipinski definition) is 1. The molecule has 4 rings (SSSR count). The molecular formula is C21H21N. The predicted molar refractivity (Wildman–Crippen MR) is 99.2 cm³/mol. The minimum atomic E-state index is 1.33. The highest BCUT2D eigenvalue weighted by atomic mass is 14.4. The van der Waals surface area contributed by atoms with Crippen molar-refractivity contribution >= 4 is 38.4 Å². The number of aryl methyl sites for hydroxylation is 1. The molecule has 4 aromatic carbocycles. The summed E-state index contributed by atoms with van der Waals surface area (Å²) in [6.07, 6.45) is 2.20. The Labute approximate surface area is 131 Å². The van der Waals surface area contributed by atoms with Gasteiger partial charge in [-0.15, -0.1) is 0 Å². The summed E-state index contributed by atoms with van der Waals surface area (Å²) in [6.45, 7) is 4.36. The minimum Gasteiger partial charge on any atom is -0.333 e. The lowest BCUT2D eigenvalue weighted by Crippen LogP contribution is -2.03. The fraction of sp³-hybridized carbons (Fsp3) is 0.143. The Morgan fingerprint density at radius 1 is 0.727 bits per heavy atom. The maximum Gasteiger partial charge on any atom is -0.00297 e. The highest BCUT2D eigenvalue weighted by Crippen LogP contribution is 2.35. The Balaban J connectivity index is 0.000000693. The van der Waals surface area contributed by atoms with Crippen LogP contribution in [0.1, 0.15) is 12.5 Å². The number of benzene rings is 4. The quantitative estimate of drug-likeness (QED) is 0.373. The molecule has 0 atom stereocenters. The van der Waals surface area contributed by atoms with Gasteiger partial charge in [-0.3, -0.25) is 0 Å². The van der Waals surface area contributed by atoms with Crippen molar-refractivity contribution in [2.45, 2.75) is 13.8 Å². The zero-order valence-corrected chi connectivity index (χ0v) is 13.4. The standard InChI is InChI=1S/C20H16.CH5N/c1-3-14-7-4-11-17-18-12-6-9-15-8-5-10-16(20(15)18)13(2)19(14)17;1-2/h3-12H,1-2H3;2H2,1H3/b14-3-;. The van der Waals surface area contributed by atoms with Crippen LogP contribution in [0.5, 0.6) is 0 Å². The van der Waals surface area contributed by atoms with Gasteiger partial charge < -0.3 is 5.73 Å². The Hall–Kier alpha value is -2.38. The highest BCUT2D eigenvalue weighted by molar-refractivity contribution is 6.22. The van der Waals surface area contributed by atoms with E-state index in [-0.39, 0.29) is 0 Å². The van der Waals surface area contributed by atoms with Crippen molar-refractivity contribution in [1.29, 1.82) is 0 Å². The fourth-order valence-electron chi connectivity index (χ4n) is 3.47. The topological polar surface area (TPSA) is 26.0 Å². The first kappa shape index (κ1) is 14.6. The minimum absolute atomic E-state index is 1.33. The highest BCUT2D eigenvalue weighted by Gasteiger charge is 2.10. The third kappa shape index (κ3) is 1.98. The summed E-state index contributed by atoms with van der Waals surface area (Å²) < 4.78 is 0. The smallest absolute Gasteiger partial charge is 0.00297 e. The summed E-state index contributed by atoms with van der Waals surface area (Å²) in [5, 5.41) is 9.54. The van der Waals surface area contributed by atoms with Crippen molar-refractivity contribution in [1.82, 2.24) is 0 Å². The molecule has 0 saturated carbocycles. The van der Waals surface area contributed by atoms with E-state index in [1.165, 1.54) is 50.1 Å². The molecule has 0 spiro atoms. The summed E-state index contributed by atoms with van der Waals surface area (Å²) in [5.74, 6) is 0. The van der Waals surface area contributed by atoms with E-state index < -0.39 is 0 Å². The average Bonchev–Trinajstić information content (AvgIpc) is 2.60. The van der Waals surface area contributed by atoms with E-state index in [9.17, 15) is 0 Å². The second-order valence-electron chi connectivity index (χ2n) is 5.39. The molecule has 0 bridgehead atoms. The second kappa shape index (κ2) is 5.78. The van der Waals surface area contributed by atoms with Crippen LogP contribution in [0.4, 0.5) is 0 Å². The zero-order valence-electron chi connectivity index (χ0n) is 13.4. The summed E-state index contributed by atoms with van der Waals surface area (Å²) in [6, 6.07) is 19.8. The first-order chi connectivity index (χ1) is 10.8. The number of fused-ring (bicyclic) bond motifs is 2. The number of hydrogen-bond donors (Lipinski definition) is 1. The van der Waals surface area contributed by atoms with Gasteiger partial charge in [0.1, 0.15) is 0 Å². The molecule has 0 aliphatic heterocycles. The van der Waals surface area contributed by atoms with Gasteiger partial charge in [-0.2, -0.15) is 0 Å². The molecule has 0 heterocycles. The van der Waals surface area contributed by atoms with Crippen molar-refractivity contribution in [3.63, 3.8) is 0 Å². The second-order valence-corrected chi connectivity index (χ2v) is 5.39. The molecule has 0 fully saturated rings. The molecule has 0 radical (unpaired) electrons. The molecule has 110 valence electrons. The normalized spacial score (nSPS) is 11.9. The van der Waals surface area contributed by atoms with Crippen LogP contribution in [0, 0.1) is 6.92 Å². The van der Waals surface area contributed by atoms with Crippen molar-refractivity contribution < 1.29 is 0 Å². The molecule has 0 saturated heterocycles. The van der Waals surface area contributed by atoms with Crippen LogP contribution < -0.4 is 11.0 Å². The number of rotatable bonds is 0. The lowest BCUT2D eigenvalue weighted by atomic mass is 9.90. The molecule has 0 aromatic heterocycles. The van der Waals surface area contributed by atoms with E-state index in [4.69, 9.17) is 0 Å². The first-order valence-electron chi connectivity index (χ1n) is 7.68. The molecule has 2 N–H and O–H groups in total. The van der Waals surface area contributed by atoms with Crippen molar-refractivity contribution in [3.05, 3.63) is 65.4 Å². The SMILES string of the molecule is C/C=c1/cccc2c1c(C)c1cccc3cccc2c31.CN. The van der Waals surface area contributed by atoms with Crippen LogP contribution in [-0.4, -0.2) is 7.05 Å². The maximum absolute atomic E-state index is 4.50. The van der Waals surface area contributed by atoms with Gasteiger partial charge >= 0.3 is 0 Å². The van der Waals surface area contributed by atoms with Crippen LogP contribution in [0.2, 0.25) is 0 Å². The van der Waals surface area contributed by atoms with Gasteiger partial charge in [0.15, 0.2) is 0 Å². The van der Waals surface area contributed by atoms with Crippen LogP contribution in [0.3, 0.4) is 0 Å². The largest absolute Gasteiger partial charge is 0.333 e. The van der Waals surface area contributed by atoms with Crippen molar-refractivity contribution in [3.8, 4) is 0 Å². The Kier molecular flexibility index (Phi) is 3.82. The van der Waals surface area contributed by atoms with E-state index in [0.717, 1.165) is 0 Å².